The lowest BCUT2D eigenvalue weighted by Crippen LogP contribution is -2.30. The normalized spacial score (nSPS) is 16.3. The van der Waals surface area contributed by atoms with Gasteiger partial charge in [0.25, 0.3) is 5.91 Å². The zero-order valence-corrected chi connectivity index (χ0v) is 16.5. The zero-order chi connectivity index (χ0) is 20.2. The number of amidine groups is 1. The summed E-state index contributed by atoms with van der Waals surface area (Å²) >= 11 is 1.17. The van der Waals surface area contributed by atoms with E-state index in [1.807, 2.05) is 36.4 Å². The number of carbonyl (C=O) groups excluding carboxylic acids is 2. The molecule has 0 spiro atoms. The van der Waals surface area contributed by atoms with Gasteiger partial charge >= 0.3 is 5.97 Å². The molecule has 0 fully saturated rings. The molecule has 0 atom stereocenters. The summed E-state index contributed by atoms with van der Waals surface area (Å²) in [6.07, 6.45) is 1.69. The Kier molecular flexibility index (Phi) is 5.53. The highest BCUT2D eigenvalue weighted by Crippen LogP contribution is 2.34. The second-order valence-corrected chi connectivity index (χ2v) is 7.05. The summed E-state index contributed by atoms with van der Waals surface area (Å²) in [5.41, 5.74) is 1.73. The van der Waals surface area contributed by atoms with Crippen LogP contribution in [-0.4, -0.2) is 36.2 Å². The van der Waals surface area contributed by atoms with E-state index in [2.05, 4.69) is 4.99 Å². The van der Waals surface area contributed by atoms with E-state index in [0.29, 0.717) is 29.0 Å². The summed E-state index contributed by atoms with van der Waals surface area (Å²) in [5.74, 6) is 0.755. The number of amides is 1. The van der Waals surface area contributed by atoms with Crippen molar-refractivity contribution in [2.24, 2.45) is 4.99 Å². The molecule has 0 aromatic heterocycles. The predicted octanol–water partition coefficient (Wildman–Crippen LogP) is 3.46. The van der Waals surface area contributed by atoms with Crippen LogP contribution >= 0.6 is 11.8 Å². The standard InChI is InChI=1S/C21H18N2O5S/c1-2-26-19(24)12-29-21-22-16(20(25)23(21)15-6-4-3-5-7-15)10-14-8-9-17-18(11-14)28-13-27-17/h3-11H,2,12-13H2,1H3/b16-10-. The maximum atomic E-state index is 13.1. The van der Waals surface area contributed by atoms with Crippen LogP contribution in [0, 0.1) is 0 Å². The quantitative estimate of drug-likeness (QED) is 0.555. The highest BCUT2D eigenvalue weighted by atomic mass is 32.2. The third kappa shape index (κ3) is 4.12. The fourth-order valence-electron chi connectivity index (χ4n) is 2.88. The number of aliphatic imine (C=N–C) groups is 1. The SMILES string of the molecule is CCOC(=O)CSC1=N/C(=C\c2ccc3c(c2)OCO3)C(=O)N1c1ccccc1. The minimum atomic E-state index is -0.353. The molecule has 148 valence electrons. The molecular weight excluding hydrogens is 392 g/mol. The highest BCUT2D eigenvalue weighted by molar-refractivity contribution is 8.14. The first-order valence-electron chi connectivity index (χ1n) is 9.03. The van der Waals surface area contributed by atoms with Gasteiger partial charge in [0.05, 0.1) is 18.0 Å². The molecule has 2 aromatic rings. The smallest absolute Gasteiger partial charge is 0.316 e. The van der Waals surface area contributed by atoms with Crippen molar-refractivity contribution >= 4 is 40.6 Å². The van der Waals surface area contributed by atoms with Crippen LogP contribution in [0.4, 0.5) is 5.69 Å². The molecule has 1 amide bonds. The number of rotatable bonds is 5. The van der Waals surface area contributed by atoms with Crippen LogP contribution in [0.1, 0.15) is 12.5 Å². The third-order valence-corrected chi connectivity index (χ3v) is 5.08. The fourth-order valence-corrected chi connectivity index (χ4v) is 3.70. The Bertz CT molecular complexity index is 1000. The van der Waals surface area contributed by atoms with Gasteiger partial charge in [0.15, 0.2) is 16.7 Å². The first-order chi connectivity index (χ1) is 14.2. The fraction of sp³-hybridized carbons (Fsp3) is 0.190. The molecule has 2 heterocycles. The monoisotopic (exact) mass is 410 g/mol. The van der Waals surface area contributed by atoms with Crippen LogP contribution in [0.5, 0.6) is 11.5 Å². The van der Waals surface area contributed by atoms with Crippen molar-refractivity contribution in [1.82, 2.24) is 0 Å². The van der Waals surface area contributed by atoms with Crippen LogP contribution in [0.15, 0.2) is 59.2 Å². The number of hydrogen-bond donors (Lipinski definition) is 0. The van der Waals surface area contributed by atoms with Crippen molar-refractivity contribution < 1.29 is 23.8 Å². The molecule has 0 saturated carbocycles. The Labute approximate surface area is 172 Å². The Morgan fingerprint density at radius 3 is 2.79 bits per heavy atom. The van der Waals surface area contributed by atoms with Crippen LogP contribution in [0.25, 0.3) is 6.08 Å². The van der Waals surface area contributed by atoms with Gasteiger partial charge in [0.2, 0.25) is 6.79 Å². The summed E-state index contributed by atoms with van der Waals surface area (Å²) in [5, 5.41) is 0.432. The van der Waals surface area contributed by atoms with Crippen LogP contribution in [-0.2, 0) is 14.3 Å². The average molecular weight is 410 g/mol. The van der Waals surface area contributed by atoms with E-state index < -0.39 is 0 Å². The molecule has 7 nitrogen and oxygen atoms in total. The molecule has 2 aliphatic heterocycles. The number of anilines is 1. The van der Waals surface area contributed by atoms with E-state index in [4.69, 9.17) is 14.2 Å². The predicted molar refractivity (Wildman–Crippen MR) is 111 cm³/mol. The second-order valence-electron chi connectivity index (χ2n) is 6.11. The lowest BCUT2D eigenvalue weighted by molar-refractivity contribution is -0.139. The van der Waals surface area contributed by atoms with Crippen molar-refractivity contribution in [3.63, 3.8) is 0 Å². The lowest BCUT2D eigenvalue weighted by Gasteiger charge is -2.17. The van der Waals surface area contributed by atoms with E-state index in [1.54, 1.807) is 25.1 Å². The van der Waals surface area contributed by atoms with Gasteiger partial charge in [-0.25, -0.2) is 4.99 Å². The minimum Gasteiger partial charge on any atom is -0.465 e. The van der Waals surface area contributed by atoms with E-state index in [0.717, 1.165) is 5.56 Å². The van der Waals surface area contributed by atoms with Crippen molar-refractivity contribution in [1.29, 1.82) is 0 Å². The number of nitrogens with zero attached hydrogens (tertiary/aromatic N) is 2. The Balaban J connectivity index is 1.63. The molecule has 0 N–H and O–H groups in total. The minimum absolute atomic E-state index is 0.0700. The molecule has 0 radical (unpaired) electrons. The maximum absolute atomic E-state index is 13.1. The largest absolute Gasteiger partial charge is 0.465 e. The maximum Gasteiger partial charge on any atom is 0.316 e. The van der Waals surface area contributed by atoms with Crippen LogP contribution in [0.3, 0.4) is 0 Å². The zero-order valence-electron chi connectivity index (χ0n) is 15.7. The summed E-state index contributed by atoms with van der Waals surface area (Å²) in [6.45, 7) is 2.24. The first kappa shape index (κ1) is 19.1. The Morgan fingerprint density at radius 2 is 2.00 bits per heavy atom. The lowest BCUT2D eigenvalue weighted by atomic mass is 10.1. The number of fused-ring (bicyclic) bond motifs is 1. The van der Waals surface area contributed by atoms with Gasteiger partial charge in [-0.1, -0.05) is 36.0 Å². The van der Waals surface area contributed by atoms with E-state index in [9.17, 15) is 9.59 Å². The van der Waals surface area contributed by atoms with Gasteiger partial charge < -0.3 is 14.2 Å². The number of thioether (sulfide) groups is 1. The van der Waals surface area contributed by atoms with Gasteiger partial charge in [-0.05, 0) is 42.8 Å². The molecule has 0 unspecified atom stereocenters. The highest BCUT2D eigenvalue weighted by Gasteiger charge is 2.32. The van der Waals surface area contributed by atoms with Gasteiger partial charge in [0, 0.05) is 0 Å². The molecular formula is C21H18N2O5S. The van der Waals surface area contributed by atoms with Crippen molar-refractivity contribution in [2.45, 2.75) is 6.92 Å². The second kappa shape index (κ2) is 8.40. The summed E-state index contributed by atoms with van der Waals surface area (Å²) < 4.78 is 15.7. The van der Waals surface area contributed by atoms with E-state index >= 15 is 0 Å². The third-order valence-electron chi connectivity index (χ3n) is 4.17. The Morgan fingerprint density at radius 1 is 1.21 bits per heavy atom. The summed E-state index contributed by atoms with van der Waals surface area (Å²) in [6, 6.07) is 14.6. The van der Waals surface area contributed by atoms with E-state index in [1.165, 1.54) is 16.7 Å². The first-order valence-corrected chi connectivity index (χ1v) is 10.0. The van der Waals surface area contributed by atoms with Crippen molar-refractivity contribution in [2.75, 3.05) is 24.1 Å². The molecule has 2 aliphatic rings. The number of hydrogen-bond acceptors (Lipinski definition) is 7. The average Bonchev–Trinajstić information content (AvgIpc) is 3.31. The Hall–Kier alpha value is -3.26. The molecule has 0 saturated heterocycles. The van der Waals surface area contributed by atoms with Gasteiger partial charge in [-0.2, -0.15) is 0 Å². The molecule has 0 aliphatic carbocycles. The number of benzene rings is 2. The number of para-hydroxylation sites is 1. The van der Waals surface area contributed by atoms with Crippen LogP contribution in [0.2, 0.25) is 0 Å². The number of esters is 1. The molecule has 4 rings (SSSR count). The number of ether oxygens (including phenoxy) is 3. The number of carbonyl (C=O) groups is 2. The van der Waals surface area contributed by atoms with Gasteiger partial charge in [-0.3, -0.25) is 14.5 Å². The molecule has 29 heavy (non-hydrogen) atoms. The molecule has 8 heteroatoms. The van der Waals surface area contributed by atoms with Crippen molar-refractivity contribution in [3.8, 4) is 11.5 Å². The summed E-state index contributed by atoms with van der Waals surface area (Å²) in [7, 11) is 0. The molecule has 0 bridgehead atoms. The molecule has 2 aromatic carbocycles. The van der Waals surface area contributed by atoms with Gasteiger partial charge in [0.1, 0.15) is 5.70 Å². The van der Waals surface area contributed by atoms with Gasteiger partial charge in [-0.15, -0.1) is 0 Å². The van der Waals surface area contributed by atoms with Crippen molar-refractivity contribution in [3.05, 3.63) is 59.8 Å². The summed E-state index contributed by atoms with van der Waals surface area (Å²) in [4.78, 5) is 30.8. The van der Waals surface area contributed by atoms with Crippen LogP contribution < -0.4 is 14.4 Å². The topological polar surface area (TPSA) is 77.4 Å². The van der Waals surface area contributed by atoms with E-state index in [-0.39, 0.29) is 30.1 Å².